The summed E-state index contributed by atoms with van der Waals surface area (Å²) in [6, 6.07) is -0.563. The fourth-order valence-corrected chi connectivity index (χ4v) is 2.03. The molecule has 0 bridgehead atoms. The molecule has 1 atom stereocenters. The molecule has 8 nitrogen and oxygen atoms in total. The number of aliphatic carboxylic acids is 1. The molecule has 0 aromatic carbocycles. The summed E-state index contributed by atoms with van der Waals surface area (Å²) in [7, 11) is 1.80. The number of likely N-dealkylation sites (N-methyl/N-ethyl adjacent to an activating group) is 1. The molecule has 1 saturated heterocycles. The number of rotatable bonds is 7. The number of ether oxygens (including phenoxy) is 1. The Labute approximate surface area is 113 Å². The lowest BCUT2D eigenvalue weighted by atomic mass is 10.1. The maximum atomic E-state index is 11.3. The number of carbonyl (C=O) groups is 1. The molecule has 1 heterocycles. The maximum Gasteiger partial charge on any atom is 0.322 e. The lowest BCUT2D eigenvalue weighted by molar-refractivity contribution is -0.157. The highest BCUT2D eigenvalue weighted by Gasteiger charge is 2.27. The Morgan fingerprint density at radius 1 is 1.47 bits per heavy atom. The van der Waals surface area contributed by atoms with E-state index in [1.54, 1.807) is 12.1 Å². The number of hydrogen-bond acceptors (Lipinski definition) is 5. The van der Waals surface area contributed by atoms with Gasteiger partial charge in [0.2, 0.25) is 0 Å². The highest BCUT2D eigenvalue weighted by Crippen LogP contribution is 2.11. The van der Waals surface area contributed by atoms with Crippen molar-refractivity contribution in [1.82, 2.24) is 10.0 Å². The Kier molecular flexibility index (Phi) is 6.54. The monoisotopic (exact) mass is 273 g/mol. The highest BCUT2D eigenvalue weighted by molar-refractivity contribution is 5.75. The standard InChI is InChI=1S/C11H23N5O3/c1-15(16-5-7-19-8-6-16)9(10(17)18)3-2-4-14-11(12)13/h9H,2-8H2,1H3,(H,17,18)(H4,12,13,14)/t9-/m0/s1. The molecule has 0 aromatic heterocycles. The molecule has 0 saturated carbocycles. The van der Waals surface area contributed by atoms with Crippen LogP contribution in [0.1, 0.15) is 12.8 Å². The number of guanidine groups is 1. The van der Waals surface area contributed by atoms with E-state index in [0.717, 1.165) is 0 Å². The Bertz CT molecular complexity index is 313. The van der Waals surface area contributed by atoms with Gasteiger partial charge in [0.05, 0.1) is 13.2 Å². The summed E-state index contributed by atoms with van der Waals surface area (Å²) >= 11 is 0. The molecule has 1 fully saturated rings. The molecule has 0 aliphatic carbocycles. The third-order valence-electron chi connectivity index (χ3n) is 3.10. The van der Waals surface area contributed by atoms with Crippen LogP contribution in [0.15, 0.2) is 4.99 Å². The predicted molar refractivity (Wildman–Crippen MR) is 71.5 cm³/mol. The number of hydrogen-bond donors (Lipinski definition) is 3. The Hall–Kier alpha value is -1.38. The predicted octanol–water partition coefficient (Wildman–Crippen LogP) is -1.33. The van der Waals surface area contributed by atoms with E-state index in [1.165, 1.54) is 0 Å². The van der Waals surface area contributed by atoms with Gasteiger partial charge in [-0.15, -0.1) is 0 Å². The number of hydrazine groups is 1. The second-order valence-electron chi connectivity index (χ2n) is 4.44. The van der Waals surface area contributed by atoms with Gasteiger partial charge >= 0.3 is 5.97 Å². The van der Waals surface area contributed by atoms with E-state index in [-0.39, 0.29) is 5.96 Å². The van der Waals surface area contributed by atoms with E-state index in [1.807, 2.05) is 5.01 Å². The number of aliphatic imine (C=N–C) groups is 1. The van der Waals surface area contributed by atoms with E-state index in [0.29, 0.717) is 45.7 Å². The first kappa shape index (κ1) is 15.7. The van der Waals surface area contributed by atoms with Gasteiger partial charge in [-0.1, -0.05) is 0 Å². The lowest BCUT2D eigenvalue weighted by Gasteiger charge is -2.38. The van der Waals surface area contributed by atoms with E-state index in [4.69, 9.17) is 16.2 Å². The molecule has 1 rings (SSSR count). The molecule has 1 aliphatic rings. The number of carboxylic acids is 1. The van der Waals surface area contributed by atoms with E-state index in [2.05, 4.69) is 4.99 Å². The molecule has 1 aliphatic heterocycles. The van der Waals surface area contributed by atoms with Crippen LogP contribution in [0.2, 0.25) is 0 Å². The van der Waals surface area contributed by atoms with Gasteiger partial charge in [-0.3, -0.25) is 9.79 Å². The second kappa shape index (κ2) is 7.93. The van der Waals surface area contributed by atoms with Crippen molar-refractivity contribution in [3.63, 3.8) is 0 Å². The van der Waals surface area contributed by atoms with Crippen LogP contribution in [0.25, 0.3) is 0 Å². The second-order valence-corrected chi connectivity index (χ2v) is 4.44. The Morgan fingerprint density at radius 2 is 2.11 bits per heavy atom. The summed E-state index contributed by atoms with van der Waals surface area (Å²) in [6.45, 7) is 3.14. The molecule has 5 N–H and O–H groups in total. The van der Waals surface area contributed by atoms with Gasteiger partial charge < -0.3 is 21.3 Å². The third kappa shape index (κ3) is 5.41. The van der Waals surface area contributed by atoms with E-state index >= 15 is 0 Å². The average Bonchev–Trinajstić information content (AvgIpc) is 2.38. The summed E-state index contributed by atoms with van der Waals surface area (Å²) in [6.07, 6.45) is 1.13. The van der Waals surface area contributed by atoms with Crippen molar-refractivity contribution in [3.05, 3.63) is 0 Å². The Balaban J connectivity index is 2.46. The van der Waals surface area contributed by atoms with Crippen LogP contribution in [-0.2, 0) is 9.53 Å². The minimum absolute atomic E-state index is 0.0356. The van der Waals surface area contributed by atoms with Crippen LogP contribution in [0.3, 0.4) is 0 Å². The fourth-order valence-electron chi connectivity index (χ4n) is 2.03. The van der Waals surface area contributed by atoms with Gasteiger partial charge in [-0.2, -0.15) is 0 Å². The smallest absolute Gasteiger partial charge is 0.322 e. The van der Waals surface area contributed by atoms with Crippen LogP contribution in [0.5, 0.6) is 0 Å². The summed E-state index contributed by atoms with van der Waals surface area (Å²) < 4.78 is 5.25. The Morgan fingerprint density at radius 3 is 2.63 bits per heavy atom. The molecule has 8 heteroatoms. The summed E-state index contributed by atoms with van der Waals surface area (Å²) in [5, 5.41) is 13.1. The first-order valence-electron chi connectivity index (χ1n) is 6.36. The van der Waals surface area contributed by atoms with Crippen molar-refractivity contribution >= 4 is 11.9 Å². The number of nitrogens with two attached hydrogens (primary N) is 2. The van der Waals surface area contributed by atoms with Gasteiger partial charge in [0, 0.05) is 26.7 Å². The average molecular weight is 273 g/mol. The first-order valence-corrected chi connectivity index (χ1v) is 6.36. The normalized spacial score (nSPS) is 18.2. The van der Waals surface area contributed by atoms with Gasteiger partial charge in [0.15, 0.2) is 5.96 Å². The third-order valence-corrected chi connectivity index (χ3v) is 3.10. The largest absolute Gasteiger partial charge is 0.480 e. The molecular formula is C11H23N5O3. The first-order chi connectivity index (χ1) is 9.02. The van der Waals surface area contributed by atoms with Crippen LogP contribution in [0.4, 0.5) is 0 Å². The topological polar surface area (TPSA) is 117 Å². The summed E-state index contributed by atoms with van der Waals surface area (Å²) in [4.78, 5) is 15.2. The van der Waals surface area contributed by atoms with Crippen molar-refractivity contribution < 1.29 is 14.6 Å². The van der Waals surface area contributed by atoms with Crippen LogP contribution in [-0.4, -0.2) is 73.0 Å². The van der Waals surface area contributed by atoms with E-state index in [9.17, 15) is 9.90 Å². The molecule has 0 amide bonds. The molecule has 0 aromatic rings. The van der Waals surface area contributed by atoms with E-state index < -0.39 is 12.0 Å². The molecule has 110 valence electrons. The van der Waals surface area contributed by atoms with Crippen molar-refractivity contribution in [2.75, 3.05) is 39.9 Å². The zero-order valence-electron chi connectivity index (χ0n) is 11.3. The van der Waals surface area contributed by atoms with Crippen molar-refractivity contribution in [3.8, 4) is 0 Å². The van der Waals surface area contributed by atoms with Crippen LogP contribution >= 0.6 is 0 Å². The quantitative estimate of drug-likeness (QED) is 0.299. The SMILES string of the molecule is CN([C@@H](CCCN=C(N)N)C(=O)O)N1CCOCC1. The fraction of sp³-hybridized carbons (Fsp3) is 0.818. The molecular weight excluding hydrogens is 250 g/mol. The van der Waals surface area contributed by atoms with Gasteiger partial charge in [-0.25, -0.2) is 10.0 Å². The molecule has 0 unspecified atom stereocenters. The summed E-state index contributed by atoms with van der Waals surface area (Å²) in [5.74, 6) is -0.799. The van der Waals surface area contributed by atoms with Crippen molar-refractivity contribution in [1.29, 1.82) is 0 Å². The van der Waals surface area contributed by atoms with Gasteiger partial charge in [0.25, 0.3) is 0 Å². The van der Waals surface area contributed by atoms with Crippen LogP contribution < -0.4 is 11.5 Å². The van der Waals surface area contributed by atoms with Gasteiger partial charge in [-0.05, 0) is 12.8 Å². The number of carboxylic acid groups (broad SMARTS) is 1. The molecule has 19 heavy (non-hydrogen) atoms. The number of morpholine rings is 1. The molecule has 0 radical (unpaired) electrons. The highest BCUT2D eigenvalue weighted by atomic mass is 16.5. The van der Waals surface area contributed by atoms with Crippen molar-refractivity contribution in [2.24, 2.45) is 16.5 Å². The zero-order chi connectivity index (χ0) is 14.3. The zero-order valence-corrected chi connectivity index (χ0v) is 11.3. The molecule has 0 spiro atoms. The van der Waals surface area contributed by atoms with Gasteiger partial charge in [0.1, 0.15) is 6.04 Å². The van der Waals surface area contributed by atoms with Crippen molar-refractivity contribution in [2.45, 2.75) is 18.9 Å². The summed E-state index contributed by atoms with van der Waals surface area (Å²) in [5.41, 5.74) is 10.4. The maximum absolute atomic E-state index is 11.3. The minimum atomic E-state index is -0.835. The van der Waals surface area contributed by atoms with Crippen LogP contribution in [0, 0.1) is 0 Å². The number of nitrogens with zero attached hydrogens (tertiary/aromatic N) is 3. The lowest BCUT2D eigenvalue weighted by Crippen LogP contribution is -2.53. The minimum Gasteiger partial charge on any atom is -0.480 e.